The number of carboxylic acids is 1. The zero-order valence-electron chi connectivity index (χ0n) is 19.0. The zero-order chi connectivity index (χ0) is 23.8. The van der Waals surface area contributed by atoms with Crippen LogP contribution in [-0.2, 0) is 20.1 Å². The van der Waals surface area contributed by atoms with Crippen molar-refractivity contribution in [3.63, 3.8) is 0 Å². The first-order chi connectivity index (χ1) is 17.2. The van der Waals surface area contributed by atoms with Crippen molar-refractivity contribution in [3.8, 4) is 11.3 Å². The van der Waals surface area contributed by atoms with Crippen LogP contribution in [-0.4, -0.2) is 21.0 Å². The molecule has 6 aromatic rings. The van der Waals surface area contributed by atoms with Gasteiger partial charge in [-0.3, -0.25) is 4.98 Å². The summed E-state index contributed by atoms with van der Waals surface area (Å²) in [4.78, 5) is 18.6. The van der Waals surface area contributed by atoms with Gasteiger partial charge in [0, 0.05) is 31.7 Å². The number of hydrogen-bond donors (Lipinski definition) is 1. The van der Waals surface area contributed by atoms with Gasteiger partial charge in [0.1, 0.15) is 5.69 Å². The second-order valence-electron chi connectivity index (χ2n) is 8.37. The number of aromatic carboxylic acids is 1. The summed E-state index contributed by atoms with van der Waals surface area (Å²) >= 11 is 0. The molecule has 0 aliphatic heterocycles. The smallest absolute Gasteiger partial charge is 0.354 e. The van der Waals surface area contributed by atoms with Crippen LogP contribution in [0.1, 0.15) is 21.6 Å². The van der Waals surface area contributed by atoms with E-state index in [1.165, 1.54) is 50.3 Å². The maximum atomic E-state index is 10.1. The van der Waals surface area contributed by atoms with Crippen LogP contribution in [0.3, 0.4) is 0 Å². The SMILES string of the molecule is O=C(O)c1ccccn1.[Ir].[c-]1cc2cc3ccccc3cc2cc1-c1cc2c3c(cccc3n1)C=C2. The van der Waals surface area contributed by atoms with Gasteiger partial charge >= 0.3 is 5.97 Å². The van der Waals surface area contributed by atoms with E-state index < -0.39 is 5.97 Å². The first kappa shape index (κ1) is 23.6. The van der Waals surface area contributed by atoms with Crippen LogP contribution in [0.2, 0.25) is 0 Å². The predicted molar refractivity (Wildman–Crippen MR) is 141 cm³/mol. The predicted octanol–water partition coefficient (Wildman–Crippen LogP) is 7.27. The number of fused-ring (bicyclic) bond motifs is 2. The monoisotopic (exact) mass is 644 g/mol. The maximum Gasteiger partial charge on any atom is 0.354 e. The Morgan fingerprint density at radius 1 is 0.750 bits per heavy atom. The van der Waals surface area contributed by atoms with Gasteiger partial charge in [0.2, 0.25) is 0 Å². The molecule has 0 atom stereocenters. The van der Waals surface area contributed by atoms with E-state index in [0.29, 0.717) is 0 Å². The van der Waals surface area contributed by atoms with E-state index in [2.05, 4.69) is 96.0 Å². The molecule has 0 saturated heterocycles. The van der Waals surface area contributed by atoms with Gasteiger partial charge in [-0.05, 0) is 45.8 Å². The summed E-state index contributed by atoms with van der Waals surface area (Å²) in [6.45, 7) is 0. The summed E-state index contributed by atoms with van der Waals surface area (Å²) in [5.41, 5.74) is 5.64. The molecular formula is C31H19IrN2O2-. The van der Waals surface area contributed by atoms with Crippen molar-refractivity contribution < 1.29 is 30.0 Å². The second kappa shape index (κ2) is 9.82. The third-order valence-corrected chi connectivity index (χ3v) is 6.13. The Labute approximate surface area is 221 Å². The second-order valence-corrected chi connectivity index (χ2v) is 8.37. The number of benzene rings is 4. The van der Waals surface area contributed by atoms with E-state index >= 15 is 0 Å². The summed E-state index contributed by atoms with van der Waals surface area (Å²) in [5, 5.41) is 14.5. The van der Waals surface area contributed by atoms with E-state index in [9.17, 15) is 4.79 Å². The molecule has 36 heavy (non-hydrogen) atoms. The molecule has 1 aliphatic rings. The van der Waals surface area contributed by atoms with Crippen molar-refractivity contribution in [2.24, 2.45) is 0 Å². The van der Waals surface area contributed by atoms with Gasteiger partial charge in [-0.25, -0.2) is 9.78 Å². The normalized spacial score (nSPS) is 11.2. The van der Waals surface area contributed by atoms with Crippen LogP contribution in [0.25, 0.3) is 55.9 Å². The Bertz CT molecular complexity index is 1780. The Balaban J connectivity index is 0.000000229. The van der Waals surface area contributed by atoms with E-state index in [0.717, 1.165) is 16.8 Å². The fraction of sp³-hybridized carbons (Fsp3) is 0. The number of nitrogens with zero attached hydrogens (tertiary/aromatic N) is 2. The zero-order valence-corrected chi connectivity index (χ0v) is 21.4. The van der Waals surface area contributed by atoms with Crippen LogP contribution in [0.5, 0.6) is 0 Å². The molecule has 2 aromatic heterocycles. The Hall–Kier alpha value is -4.18. The number of pyridine rings is 2. The Morgan fingerprint density at radius 3 is 2.22 bits per heavy atom. The van der Waals surface area contributed by atoms with Gasteiger partial charge in [0.15, 0.2) is 0 Å². The number of hydrogen-bond acceptors (Lipinski definition) is 3. The van der Waals surface area contributed by atoms with E-state index in [1.807, 2.05) is 0 Å². The molecule has 0 fully saturated rings. The van der Waals surface area contributed by atoms with Gasteiger partial charge in [-0.2, -0.15) is 0 Å². The van der Waals surface area contributed by atoms with Crippen LogP contribution >= 0.6 is 0 Å². The van der Waals surface area contributed by atoms with Gasteiger partial charge in [0.25, 0.3) is 0 Å². The fourth-order valence-corrected chi connectivity index (χ4v) is 4.45. The summed E-state index contributed by atoms with van der Waals surface area (Å²) in [6, 6.07) is 33.9. The molecule has 2 heterocycles. The minimum absolute atomic E-state index is 0. The van der Waals surface area contributed by atoms with E-state index in [1.54, 1.807) is 12.1 Å². The standard InChI is InChI=1S/C25H14N.C6H5NO2.Ir/c1-2-5-18-13-22-14-20(10-9-19(22)12-17(18)4-1)24-15-21-11-8-16-6-3-7-23(26-24)25(16)21;8-6(9)5-3-1-2-4-7-5;/h1-9,11-15H;1-4H,(H,8,9);/q-1;;. The molecule has 0 bridgehead atoms. The summed E-state index contributed by atoms with van der Waals surface area (Å²) in [6.07, 6.45) is 5.79. The Kier molecular flexibility index (Phi) is 6.43. The molecule has 0 saturated carbocycles. The number of aromatic nitrogens is 2. The third-order valence-electron chi connectivity index (χ3n) is 6.13. The minimum Gasteiger partial charge on any atom is -0.477 e. The summed E-state index contributed by atoms with van der Waals surface area (Å²) in [7, 11) is 0. The van der Waals surface area contributed by atoms with Crippen molar-refractivity contribution in [1.29, 1.82) is 0 Å². The first-order valence-electron chi connectivity index (χ1n) is 11.3. The quantitative estimate of drug-likeness (QED) is 0.159. The topological polar surface area (TPSA) is 63.1 Å². The van der Waals surface area contributed by atoms with Gasteiger partial charge in [-0.15, -0.1) is 29.1 Å². The van der Waals surface area contributed by atoms with E-state index in [-0.39, 0.29) is 25.8 Å². The first-order valence-corrected chi connectivity index (χ1v) is 11.3. The van der Waals surface area contributed by atoms with Gasteiger partial charge < -0.3 is 5.11 Å². The van der Waals surface area contributed by atoms with Crippen LogP contribution in [0.15, 0.2) is 97.2 Å². The molecule has 1 N–H and O–H groups in total. The average molecular weight is 644 g/mol. The number of rotatable bonds is 2. The van der Waals surface area contributed by atoms with Crippen LogP contribution in [0, 0.1) is 6.07 Å². The largest absolute Gasteiger partial charge is 0.477 e. The fourth-order valence-electron chi connectivity index (χ4n) is 4.45. The van der Waals surface area contributed by atoms with Crippen molar-refractivity contribution in [1.82, 2.24) is 9.97 Å². The molecule has 4 nitrogen and oxygen atoms in total. The number of carbonyl (C=O) groups is 1. The minimum atomic E-state index is -0.990. The molecule has 1 radical (unpaired) electrons. The van der Waals surface area contributed by atoms with Crippen molar-refractivity contribution >= 4 is 50.6 Å². The van der Waals surface area contributed by atoms with Crippen molar-refractivity contribution in [2.75, 3.05) is 0 Å². The van der Waals surface area contributed by atoms with Gasteiger partial charge in [-0.1, -0.05) is 78.2 Å². The molecule has 0 amide bonds. The van der Waals surface area contributed by atoms with Crippen LogP contribution in [0.4, 0.5) is 0 Å². The molecule has 0 unspecified atom stereocenters. The van der Waals surface area contributed by atoms with Gasteiger partial charge in [0.05, 0.1) is 5.52 Å². The number of carboxylic acid groups (broad SMARTS) is 1. The van der Waals surface area contributed by atoms with Crippen molar-refractivity contribution in [3.05, 3.63) is 120 Å². The Morgan fingerprint density at radius 2 is 1.50 bits per heavy atom. The molecule has 0 spiro atoms. The molecule has 1 aliphatic carbocycles. The summed E-state index contributed by atoms with van der Waals surface area (Å²) < 4.78 is 0. The molecular weight excluding hydrogens is 625 g/mol. The molecule has 5 heteroatoms. The maximum absolute atomic E-state index is 10.1. The molecule has 7 rings (SSSR count). The van der Waals surface area contributed by atoms with E-state index in [4.69, 9.17) is 10.1 Å². The third kappa shape index (κ3) is 4.42. The average Bonchev–Trinajstić information content (AvgIpc) is 3.32. The summed E-state index contributed by atoms with van der Waals surface area (Å²) in [5.74, 6) is -0.990. The molecule has 175 valence electrons. The van der Waals surface area contributed by atoms with Crippen LogP contribution < -0.4 is 0 Å². The molecule has 4 aromatic carbocycles. The van der Waals surface area contributed by atoms with Crippen molar-refractivity contribution in [2.45, 2.75) is 0 Å².